The van der Waals surface area contributed by atoms with Gasteiger partial charge >= 0.3 is 0 Å². The highest BCUT2D eigenvalue weighted by atomic mass is 16.1. The van der Waals surface area contributed by atoms with Gasteiger partial charge in [-0.15, -0.1) is 0 Å². The highest BCUT2D eigenvalue weighted by Crippen LogP contribution is 2.47. The maximum absolute atomic E-state index is 11.4. The summed E-state index contributed by atoms with van der Waals surface area (Å²) in [6.07, 6.45) is 5.15. The average Bonchev–Trinajstić information content (AvgIpc) is 2.65. The zero-order valence-corrected chi connectivity index (χ0v) is 8.91. The molecule has 78 valence electrons. The zero-order chi connectivity index (χ0) is 9.71. The molecule has 3 unspecified atom stereocenters. The van der Waals surface area contributed by atoms with Crippen molar-refractivity contribution in [3.8, 4) is 0 Å². The maximum atomic E-state index is 11.4. The van der Waals surface area contributed by atoms with Crippen LogP contribution in [0.3, 0.4) is 0 Å². The zero-order valence-electron chi connectivity index (χ0n) is 8.91. The van der Waals surface area contributed by atoms with Gasteiger partial charge in [-0.1, -0.05) is 0 Å². The van der Waals surface area contributed by atoms with Crippen LogP contribution in [0, 0.1) is 17.8 Å². The Bertz CT molecular complexity index is 235. The van der Waals surface area contributed by atoms with Gasteiger partial charge < -0.3 is 4.90 Å². The van der Waals surface area contributed by atoms with Crippen LogP contribution in [-0.4, -0.2) is 29.8 Å². The molecule has 4 fully saturated rings. The molecule has 3 atom stereocenters. The van der Waals surface area contributed by atoms with Crippen molar-refractivity contribution in [2.75, 3.05) is 13.1 Å². The number of nitrogens with zero attached hydrogens (tertiary/aromatic N) is 1. The first-order valence-electron chi connectivity index (χ1n) is 6.00. The van der Waals surface area contributed by atoms with Gasteiger partial charge in [0.1, 0.15) is 5.78 Å². The summed E-state index contributed by atoms with van der Waals surface area (Å²) in [6, 6.07) is 0.774. The lowest BCUT2D eigenvalue weighted by molar-refractivity contribution is -0.120. The Labute approximate surface area is 85.7 Å². The lowest BCUT2D eigenvalue weighted by atomic mass is 9.75. The van der Waals surface area contributed by atoms with Crippen LogP contribution < -0.4 is 0 Å². The Morgan fingerprint density at radius 2 is 1.93 bits per heavy atom. The summed E-state index contributed by atoms with van der Waals surface area (Å²) in [5.41, 5.74) is 0. The van der Waals surface area contributed by atoms with E-state index >= 15 is 0 Å². The minimum Gasteiger partial charge on any atom is -0.300 e. The summed E-state index contributed by atoms with van der Waals surface area (Å²) < 4.78 is 0. The average molecular weight is 193 g/mol. The number of hydrogen-bond acceptors (Lipinski definition) is 2. The molecule has 3 heterocycles. The molecule has 1 aliphatic carbocycles. The Kier molecular flexibility index (Phi) is 1.94. The molecule has 0 aromatic carbocycles. The van der Waals surface area contributed by atoms with Gasteiger partial charge in [0, 0.05) is 12.0 Å². The fourth-order valence-electron chi connectivity index (χ4n) is 3.99. The number of piperidine rings is 3. The standard InChI is InChI=1S/C12H19NO/c1-8(14)10-6-11-9-2-4-13(5-3-9)12(11)7-10/h9-12H,2-7H2,1H3. The molecule has 4 rings (SSSR count). The molecule has 3 aliphatic heterocycles. The van der Waals surface area contributed by atoms with E-state index in [1.54, 1.807) is 6.92 Å². The van der Waals surface area contributed by atoms with Crippen LogP contribution >= 0.6 is 0 Å². The van der Waals surface area contributed by atoms with E-state index in [0.29, 0.717) is 11.7 Å². The molecule has 1 saturated carbocycles. The van der Waals surface area contributed by atoms with Gasteiger partial charge in [-0.25, -0.2) is 0 Å². The van der Waals surface area contributed by atoms with E-state index < -0.39 is 0 Å². The van der Waals surface area contributed by atoms with E-state index in [2.05, 4.69) is 4.90 Å². The van der Waals surface area contributed by atoms with Crippen molar-refractivity contribution in [1.29, 1.82) is 0 Å². The SMILES string of the molecule is CC(=O)C1CC2C3CCN(CC3)C2C1. The molecule has 0 aromatic heterocycles. The Balaban J connectivity index is 1.81. The molecule has 0 radical (unpaired) electrons. The molecular weight excluding hydrogens is 174 g/mol. The Morgan fingerprint density at radius 3 is 2.50 bits per heavy atom. The van der Waals surface area contributed by atoms with Gasteiger partial charge in [0.2, 0.25) is 0 Å². The van der Waals surface area contributed by atoms with Gasteiger partial charge in [-0.05, 0) is 57.5 Å². The van der Waals surface area contributed by atoms with Crippen molar-refractivity contribution in [2.24, 2.45) is 17.8 Å². The van der Waals surface area contributed by atoms with Crippen molar-refractivity contribution in [3.05, 3.63) is 0 Å². The van der Waals surface area contributed by atoms with E-state index in [9.17, 15) is 4.79 Å². The van der Waals surface area contributed by atoms with Crippen LogP contribution in [0.25, 0.3) is 0 Å². The van der Waals surface area contributed by atoms with Crippen LogP contribution in [0.4, 0.5) is 0 Å². The summed E-state index contributed by atoms with van der Waals surface area (Å²) in [4.78, 5) is 14.1. The third kappa shape index (κ3) is 1.16. The van der Waals surface area contributed by atoms with Crippen LogP contribution in [0.1, 0.15) is 32.6 Å². The Morgan fingerprint density at radius 1 is 1.21 bits per heavy atom. The van der Waals surface area contributed by atoms with Gasteiger partial charge in [0.15, 0.2) is 0 Å². The number of Topliss-reactive ketones (excluding diaryl/α,β-unsaturated/α-hetero) is 1. The molecule has 2 nitrogen and oxygen atoms in total. The summed E-state index contributed by atoms with van der Waals surface area (Å²) in [6.45, 7) is 4.38. The number of carbonyl (C=O) groups excluding carboxylic acids is 1. The Hall–Kier alpha value is -0.370. The lowest BCUT2D eigenvalue weighted by Crippen LogP contribution is -2.52. The van der Waals surface area contributed by atoms with Crippen LogP contribution in [0.5, 0.6) is 0 Å². The number of fused-ring (bicyclic) bond motifs is 2. The fraction of sp³-hybridized carbons (Fsp3) is 0.917. The quantitative estimate of drug-likeness (QED) is 0.631. The van der Waals surface area contributed by atoms with E-state index in [4.69, 9.17) is 0 Å². The number of carbonyl (C=O) groups is 1. The summed E-state index contributed by atoms with van der Waals surface area (Å²) >= 11 is 0. The van der Waals surface area contributed by atoms with Gasteiger partial charge in [0.05, 0.1) is 0 Å². The summed E-state index contributed by atoms with van der Waals surface area (Å²) in [5, 5.41) is 0. The molecular formula is C12H19NO. The second kappa shape index (κ2) is 3.06. The smallest absolute Gasteiger partial charge is 0.132 e. The second-order valence-corrected chi connectivity index (χ2v) is 5.38. The minimum atomic E-state index is 0.395. The first kappa shape index (κ1) is 8.90. The topological polar surface area (TPSA) is 20.3 Å². The van der Waals surface area contributed by atoms with E-state index in [1.165, 1.54) is 32.4 Å². The largest absolute Gasteiger partial charge is 0.300 e. The fourth-order valence-corrected chi connectivity index (χ4v) is 3.99. The predicted molar refractivity (Wildman–Crippen MR) is 55.0 cm³/mol. The van der Waals surface area contributed by atoms with Gasteiger partial charge in [0.25, 0.3) is 0 Å². The number of ketones is 1. The predicted octanol–water partition coefficient (Wildman–Crippen LogP) is 1.70. The highest BCUT2D eigenvalue weighted by molar-refractivity contribution is 5.78. The molecule has 2 bridgehead atoms. The molecule has 14 heavy (non-hydrogen) atoms. The summed E-state index contributed by atoms with van der Waals surface area (Å²) in [7, 11) is 0. The van der Waals surface area contributed by atoms with E-state index in [1.807, 2.05) is 0 Å². The van der Waals surface area contributed by atoms with Crippen LogP contribution in [0.15, 0.2) is 0 Å². The monoisotopic (exact) mass is 193 g/mol. The second-order valence-electron chi connectivity index (χ2n) is 5.38. The number of hydrogen-bond donors (Lipinski definition) is 0. The molecule has 0 spiro atoms. The third-order valence-electron chi connectivity index (χ3n) is 4.80. The van der Waals surface area contributed by atoms with E-state index in [0.717, 1.165) is 24.3 Å². The van der Waals surface area contributed by atoms with Crippen molar-refractivity contribution in [3.63, 3.8) is 0 Å². The van der Waals surface area contributed by atoms with Crippen molar-refractivity contribution < 1.29 is 4.79 Å². The first-order chi connectivity index (χ1) is 6.75. The molecule has 0 N–H and O–H groups in total. The minimum absolute atomic E-state index is 0.395. The molecule has 4 aliphatic rings. The normalized spacial score (nSPS) is 50.5. The molecule has 0 amide bonds. The maximum Gasteiger partial charge on any atom is 0.132 e. The van der Waals surface area contributed by atoms with E-state index in [-0.39, 0.29) is 0 Å². The third-order valence-corrected chi connectivity index (χ3v) is 4.80. The van der Waals surface area contributed by atoms with Crippen molar-refractivity contribution >= 4 is 5.78 Å². The van der Waals surface area contributed by atoms with Gasteiger partial charge in [-0.3, -0.25) is 4.79 Å². The lowest BCUT2D eigenvalue weighted by Gasteiger charge is -2.48. The summed E-state index contributed by atoms with van der Waals surface area (Å²) in [5.74, 6) is 2.65. The molecule has 2 heteroatoms. The van der Waals surface area contributed by atoms with Crippen LogP contribution in [0.2, 0.25) is 0 Å². The van der Waals surface area contributed by atoms with Crippen molar-refractivity contribution in [1.82, 2.24) is 4.90 Å². The van der Waals surface area contributed by atoms with Crippen LogP contribution in [-0.2, 0) is 4.79 Å². The highest BCUT2D eigenvalue weighted by Gasteiger charge is 2.48. The van der Waals surface area contributed by atoms with Gasteiger partial charge in [-0.2, -0.15) is 0 Å². The molecule has 0 aromatic rings. The van der Waals surface area contributed by atoms with Crippen molar-refractivity contribution in [2.45, 2.75) is 38.6 Å². The molecule has 3 saturated heterocycles. The first-order valence-corrected chi connectivity index (χ1v) is 6.00. The number of rotatable bonds is 1.